The lowest BCUT2D eigenvalue weighted by molar-refractivity contribution is 0.0184. The van der Waals surface area contributed by atoms with Crippen LogP contribution in [0, 0.1) is 17.7 Å². The molecule has 1 aromatic heterocycles. The van der Waals surface area contributed by atoms with Crippen LogP contribution in [0.2, 0.25) is 0 Å². The van der Waals surface area contributed by atoms with Crippen molar-refractivity contribution in [3.63, 3.8) is 0 Å². The zero-order chi connectivity index (χ0) is 26.0. The van der Waals surface area contributed by atoms with E-state index in [-0.39, 0.29) is 22.3 Å². The second-order valence-corrected chi connectivity index (χ2v) is 9.67. The topological polar surface area (TPSA) is 83.8 Å². The molecular weight excluding hydrogens is 453 g/mol. The van der Waals surface area contributed by atoms with E-state index in [1.807, 2.05) is 0 Å². The summed E-state index contributed by atoms with van der Waals surface area (Å²) >= 11 is 0. The molecule has 0 saturated heterocycles. The van der Waals surface area contributed by atoms with Crippen LogP contribution in [0.1, 0.15) is 57.5 Å². The summed E-state index contributed by atoms with van der Waals surface area (Å²) < 4.78 is 31.7. The summed E-state index contributed by atoms with van der Waals surface area (Å²) in [5.41, 5.74) is -1.31. The van der Waals surface area contributed by atoms with Gasteiger partial charge in [-0.05, 0) is 59.6 Å². The Labute approximate surface area is 202 Å². The molecule has 0 bridgehead atoms. The number of hydrogen-bond donors (Lipinski definition) is 0. The Bertz CT molecular complexity index is 1350. The second-order valence-electron chi connectivity index (χ2n) is 9.67. The van der Waals surface area contributed by atoms with Crippen molar-refractivity contribution in [2.24, 2.45) is 0 Å². The molecule has 7 nitrogen and oxygen atoms in total. The highest BCUT2D eigenvalue weighted by Crippen LogP contribution is 2.31. The Morgan fingerprint density at radius 2 is 1.51 bits per heavy atom. The summed E-state index contributed by atoms with van der Waals surface area (Å²) in [4.78, 5) is 37.7. The summed E-state index contributed by atoms with van der Waals surface area (Å²) in [5.74, 6) is 3.53. The van der Waals surface area contributed by atoms with Crippen LogP contribution >= 0.6 is 0 Å². The lowest BCUT2D eigenvalue weighted by Gasteiger charge is -2.21. The number of Topliss-reactive ketones (excluding diaryl/α,β-unsaturated/α-hetero) is 1. The van der Waals surface area contributed by atoms with Crippen molar-refractivity contribution in [3.05, 3.63) is 65.5 Å². The molecule has 0 atom stereocenters. The molecule has 3 aromatic rings. The van der Waals surface area contributed by atoms with E-state index in [0.29, 0.717) is 5.56 Å². The molecule has 0 aliphatic heterocycles. The van der Waals surface area contributed by atoms with E-state index in [1.165, 1.54) is 12.1 Å². The molecule has 0 amide bonds. The Morgan fingerprint density at radius 1 is 0.886 bits per heavy atom. The number of carbonyl (C=O) groups excluding carboxylic acids is 3. The van der Waals surface area contributed by atoms with Crippen molar-refractivity contribution >= 4 is 28.9 Å². The van der Waals surface area contributed by atoms with Crippen LogP contribution in [0.15, 0.2) is 48.5 Å². The summed E-state index contributed by atoms with van der Waals surface area (Å²) in [7, 11) is 0. The van der Waals surface area contributed by atoms with Crippen molar-refractivity contribution in [2.45, 2.75) is 52.7 Å². The van der Waals surface area contributed by atoms with Gasteiger partial charge in [0.15, 0.2) is 0 Å². The molecule has 2 aromatic carbocycles. The molecule has 0 aliphatic rings. The van der Waals surface area contributed by atoms with Gasteiger partial charge < -0.3 is 14.2 Å². The monoisotopic (exact) mass is 479 g/mol. The van der Waals surface area contributed by atoms with E-state index in [2.05, 4.69) is 11.8 Å². The molecule has 0 spiro atoms. The maximum Gasteiger partial charge on any atom is 0.515 e. The van der Waals surface area contributed by atoms with Gasteiger partial charge in [0, 0.05) is 17.0 Å². The molecule has 0 fully saturated rings. The van der Waals surface area contributed by atoms with Gasteiger partial charge in [0.25, 0.3) is 0 Å². The number of nitrogens with zero attached hydrogens (tertiary/aromatic N) is 1. The van der Waals surface area contributed by atoms with E-state index in [9.17, 15) is 18.8 Å². The first-order valence-electron chi connectivity index (χ1n) is 10.8. The fourth-order valence-electron chi connectivity index (χ4n) is 3.06. The van der Waals surface area contributed by atoms with E-state index in [4.69, 9.17) is 14.2 Å². The standard InChI is InChI=1S/C27H26FNO6/c1-26(2,3)34-24(31)29-21-14-13-20(28)18(12-15-22(30)17-10-8-7-9-11-17)19(21)16-23(29)33-25(32)35-27(4,5)6/h7-11,13-14,16H,1-6H3. The highest BCUT2D eigenvalue weighted by atomic mass is 19.1. The van der Waals surface area contributed by atoms with E-state index >= 15 is 0 Å². The Hall–Kier alpha value is -4.12. The third-order valence-electron chi connectivity index (χ3n) is 4.39. The van der Waals surface area contributed by atoms with E-state index in [0.717, 1.165) is 10.6 Å². The second kappa shape index (κ2) is 9.63. The first-order chi connectivity index (χ1) is 16.2. The SMILES string of the molecule is CC(C)(C)OC(=O)Oc1cc2c(C#CC(=O)c3ccccc3)c(F)ccc2n1C(=O)OC(C)(C)C. The van der Waals surface area contributed by atoms with Gasteiger partial charge in [0.2, 0.25) is 11.7 Å². The molecule has 0 unspecified atom stereocenters. The predicted molar refractivity (Wildman–Crippen MR) is 128 cm³/mol. The summed E-state index contributed by atoms with van der Waals surface area (Å²) in [6.07, 6.45) is -1.91. The van der Waals surface area contributed by atoms with Crippen LogP contribution in [0.5, 0.6) is 5.88 Å². The molecule has 0 N–H and O–H groups in total. The maximum absolute atomic E-state index is 14.8. The lowest BCUT2D eigenvalue weighted by atomic mass is 10.1. The van der Waals surface area contributed by atoms with Gasteiger partial charge in [-0.15, -0.1) is 0 Å². The van der Waals surface area contributed by atoms with Crippen LogP contribution in [0.3, 0.4) is 0 Å². The molecular formula is C27H26FNO6. The van der Waals surface area contributed by atoms with Gasteiger partial charge in [-0.1, -0.05) is 36.3 Å². The third-order valence-corrected chi connectivity index (χ3v) is 4.39. The van der Waals surface area contributed by atoms with Gasteiger partial charge in [-0.2, -0.15) is 0 Å². The number of fused-ring (bicyclic) bond motifs is 1. The van der Waals surface area contributed by atoms with Crippen LogP contribution in [-0.4, -0.2) is 33.8 Å². The van der Waals surface area contributed by atoms with Crippen molar-refractivity contribution in [1.29, 1.82) is 0 Å². The number of halogens is 1. The number of hydrogen-bond acceptors (Lipinski definition) is 6. The average molecular weight is 480 g/mol. The summed E-state index contributed by atoms with van der Waals surface area (Å²) in [6, 6.07) is 12.1. The molecule has 35 heavy (non-hydrogen) atoms. The zero-order valence-corrected chi connectivity index (χ0v) is 20.4. The minimum absolute atomic E-state index is 0.136. The fraction of sp³-hybridized carbons (Fsp3) is 0.296. The normalized spacial score (nSPS) is 11.4. The van der Waals surface area contributed by atoms with Crippen molar-refractivity contribution in [3.8, 4) is 17.7 Å². The minimum Gasteiger partial charge on any atom is -0.443 e. The highest BCUT2D eigenvalue weighted by Gasteiger charge is 2.27. The predicted octanol–water partition coefficient (Wildman–Crippen LogP) is 6.11. The zero-order valence-electron chi connectivity index (χ0n) is 20.4. The Morgan fingerprint density at radius 3 is 2.11 bits per heavy atom. The van der Waals surface area contributed by atoms with Crippen molar-refractivity contribution in [2.75, 3.05) is 0 Å². The van der Waals surface area contributed by atoms with E-state index < -0.39 is 35.1 Å². The van der Waals surface area contributed by atoms with E-state index in [1.54, 1.807) is 71.9 Å². The van der Waals surface area contributed by atoms with Gasteiger partial charge in [-0.25, -0.2) is 18.5 Å². The Kier molecular flexibility index (Phi) is 7.01. The van der Waals surface area contributed by atoms with Crippen LogP contribution in [-0.2, 0) is 9.47 Å². The van der Waals surface area contributed by atoms with Gasteiger partial charge >= 0.3 is 12.2 Å². The quantitative estimate of drug-likeness (QED) is 0.250. The lowest BCUT2D eigenvalue weighted by Crippen LogP contribution is -2.29. The third kappa shape index (κ3) is 6.48. The molecule has 0 radical (unpaired) electrons. The highest BCUT2D eigenvalue weighted by molar-refractivity contribution is 6.09. The molecule has 1 heterocycles. The summed E-state index contributed by atoms with van der Waals surface area (Å²) in [5, 5.41) is 0.155. The summed E-state index contributed by atoms with van der Waals surface area (Å²) in [6.45, 7) is 10.0. The first kappa shape index (κ1) is 25.5. The molecule has 8 heteroatoms. The molecule has 182 valence electrons. The number of carbonyl (C=O) groups is 3. The van der Waals surface area contributed by atoms with Crippen molar-refractivity contribution in [1.82, 2.24) is 4.57 Å². The van der Waals surface area contributed by atoms with Gasteiger partial charge in [0.05, 0.1) is 11.1 Å². The number of ketones is 1. The minimum atomic E-state index is -1.06. The maximum atomic E-state index is 14.8. The number of rotatable bonds is 2. The smallest absolute Gasteiger partial charge is 0.443 e. The molecule has 0 saturated carbocycles. The van der Waals surface area contributed by atoms with Gasteiger partial charge in [0.1, 0.15) is 17.0 Å². The molecule has 3 rings (SSSR count). The number of ether oxygens (including phenoxy) is 3. The average Bonchev–Trinajstić information content (AvgIpc) is 3.08. The fourth-order valence-corrected chi connectivity index (χ4v) is 3.06. The Balaban J connectivity index is 2.13. The van der Waals surface area contributed by atoms with Crippen LogP contribution < -0.4 is 4.74 Å². The number of benzene rings is 2. The number of aromatic nitrogens is 1. The van der Waals surface area contributed by atoms with Crippen LogP contribution in [0.25, 0.3) is 10.9 Å². The van der Waals surface area contributed by atoms with Gasteiger partial charge in [-0.3, -0.25) is 4.79 Å². The molecule has 0 aliphatic carbocycles. The van der Waals surface area contributed by atoms with Crippen LogP contribution in [0.4, 0.5) is 14.0 Å². The largest absolute Gasteiger partial charge is 0.515 e. The first-order valence-corrected chi connectivity index (χ1v) is 10.8. The van der Waals surface area contributed by atoms with Crippen molar-refractivity contribution < 1.29 is 33.0 Å².